The minimum absolute atomic E-state index is 0.0118. The van der Waals surface area contributed by atoms with Gasteiger partial charge in [0.1, 0.15) is 0 Å². The van der Waals surface area contributed by atoms with Gasteiger partial charge in [0.25, 0.3) is 0 Å². The number of aliphatic hydroxyl groups excluding tert-OH is 2. The Morgan fingerprint density at radius 3 is 1.38 bits per heavy atom. The van der Waals surface area contributed by atoms with Crippen molar-refractivity contribution in [2.75, 3.05) is 13.2 Å². The highest BCUT2D eigenvalue weighted by Crippen LogP contribution is 2.15. The van der Waals surface area contributed by atoms with Gasteiger partial charge in [-0.15, -0.1) is 0 Å². The summed E-state index contributed by atoms with van der Waals surface area (Å²) in [4.78, 5) is 24.3. The molecule has 1 amide bonds. The Labute approximate surface area is 323 Å². The minimum atomic E-state index is -0.677. The van der Waals surface area contributed by atoms with E-state index in [-0.39, 0.29) is 18.5 Å². The van der Waals surface area contributed by atoms with E-state index in [1.165, 1.54) is 141 Å². The van der Waals surface area contributed by atoms with Gasteiger partial charge in [-0.25, -0.2) is 0 Å². The summed E-state index contributed by atoms with van der Waals surface area (Å²) >= 11 is 0. The zero-order chi connectivity index (χ0) is 38.0. The summed E-state index contributed by atoms with van der Waals surface area (Å²) < 4.78 is 5.44. The highest BCUT2D eigenvalue weighted by Gasteiger charge is 2.20. The number of amides is 1. The van der Waals surface area contributed by atoms with Crippen LogP contribution >= 0.6 is 0 Å². The topological polar surface area (TPSA) is 95.9 Å². The Kier molecular flexibility index (Phi) is 41.2. The number of allylic oxidation sites excluding steroid dienone is 2. The number of nitrogens with one attached hydrogen (secondary N) is 1. The van der Waals surface area contributed by atoms with Crippen molar-refractivity contribution in [3.05, 3.63) is 12.2 Å². The number of carbonyl (C=O) groups excluding carboxylic acids is 2. The molecular weight excluding hydrogens is 647 g/mol. The van der Waals surface area contributed by atoms with E-state index in [1.807, 2.05) is 0 Å². The molecule has 0 saturated carbocycles. The first-order chi connectivity index (χ1) is 25.5. The first kappa shape index (κ1) is 50.6. The summed E-state index contributed by atoms with van der Waals surface area (Å²) in [6.45, 7) is 4.88. The fraction of sp³-hybridized carbons (Fsp3) is 0.913. The standard InChI is InChI=1S/C46H89NO5/c1-3-5-7-9-11-13-14-16-20-24-28-32-36-40-46(51)52-41-37-33-29-25-21-18-15-17-19-23-27-31-35-39-45(50)47-43(42-48)44(49)38-34-30-26-22-12-10-8-6-4-2/h17,19,43-44,48-49H,3-16,18,20-42H2,1-2H3,(H,47,50)/b19-17-. The van der Waals surface area contributed by atoms with Gasteiger partial charge in [0.15, 0.2) is 0 Å². The van der Waals surface area contributed by atoms with Crippen molar-refractivity contribution in [2.45, 2.75) is 257 Å². The second-order valence-electron chi connectivity index (χ2n) is 15.7. The zero-order valence-corrected chi connectivity index (χ0v) is 34.8. The molecule has 0 bridgehead atoms. The molecule has 6 heteroatoms. The van der Waals surface area contributed by atoms with Crippen molar-refractivity contribution >= 4 is 11.9 Å². The molecule has 0 aromatic rings. The fourth-order valence-corrected chi connectivity index (χ4v) is 6.98. The third-order valence-corrected chi connectivity index (χ3v) is 10.6. The van der Waals surface area contributed by atoms with Crippen LogP contribution < -0.4 is 5.32 Å². The lowest BCUT2D eigenvalue weighted by Gasteiger charge is -2.22. The van der Waals surface area contributed by atoms with Crippen LogP contribution in [0, 0.1) is 0 Å². The molecule has 52 heavy (non-hydrogen) atoms. The Hall–Kier alpha value is -1.40. The van der Waals surface area contributed by atoms with Crippen molar-refractivity contribution < 1.29 is 24.5 Å². The van der Waals surface area contributed by atoms with Crippen molar-refractivity contribution in [1.82, 2.24) is 5.32 Å². The fourth-order valence-electron chi connectivity index (χ4n) is 6.98. The smallest absolute Gasteiger partial charge is 0.305 e. The first-order valence-electron chi connectivity index (χ1n) is 22.9. The van der Waals surface area contributed by atoms with Crippen LogP contribution in [-0.4, -0.2) is 47.4 Å². The molecule has 0 fully saturated rings. The molecule has 0 rings (SSSR count). The van der Waals surface area contributed by atoms with Gasteiger partial charge in [0.05, 0.1) is 25.4 Å². The minimum Gasteiger partial charge on any atom is -0.466 e. The van der Waals surface area contributed by atoms with Crippen LogP contribution in [0.5, 0.6) is 0 Å². The maximum Gasteiger partial charge on any atom is 0.305 e. The quantitative estimate of drug-likeness (QED) is 0.0329. The number of aliphatic hydroxyl groups is 2. The van der Waals surface area contributed by atoms with Gasteiger partial charge in [-0.05, 0) is 51.4 Å². The Morgan fingerprint density at radius 2 is 0.904 bits per heavy atom. The van der Waals surface area contributed by atoms with E-state index in [9.17, 15) is 19.8 Å². The molecule has 0 aliphatic rings. The van der Waals surface area contributed by atoms with E-state index in [1.54, 1.807) is 0 Å². The molecule has 6 nitrogen and oxygen atoms in total. The Balaban J connectivity index is 3.48. The van der Waals surface area contributed by atoms with Gasteiger partial charge >= 0.3 is 5.97 Å². The van der Waals surface area contributed by atoms with E-state index in [0.717, 1.165) is 70.6 Å². The highest BCUT2D eigenvalue weighted by molar-refractivity contribution is 5.76. The van der Waals surface area contributed by atoms with E-state index < -0.39 is 12.1 Å². The van der Waals surface area contributed by atoms with Gasteiger partial charge in [-0.2, -0.15) is 0 Å². The molecule has 3 N–H and O–H groups in total. The van der Waals surface area contributed by atoms with Crippen LogP contribution in [0.3, 0.4) is 0 Å². The van der Waals surface area contributed by atoms with Gasteiger partial charge in [0, 0.05) is 12.8 Å². The van der Waals surface area contributed by atoms with Crippen molar-refractivity contribution in [3.63, 3.8) is 0 Å². The molecule has 0 aromatic heterocycles. The molecule has 0 spiro atoms. The normalized spacial score (nSPS) is 12.8. The van der Waals surface area contributed by atoms with Crippen LogP contribution in [0.25, 0.3) is 0 Å². The molecule has 0 aliphatic carbocycles. The number of hydrogen-bond donors (Lipinski definition) is 3. The molecule has 2 atom stereocenters. The monoisotopic (exact) mass is 736 g/mol. The van der Waals surface area contributed by atoms with Crippen LogP contribution in [0.15, 0.2) is 12.2 Å². The maximum absolute atomic E-state index is 12.3. The van der Waals surface area contributed by atoms with E-state index in [4.69, 9.17) is 4.74 Å². The SMILES string of the molecule is CCCCCCCCCCCCCCCC(=O)OCCCCCCCC/C=C\CCCCCC(=O)NC(CO)C(O)CCCCCCCCCCC. The van der Waals surface area contributed by atoms with Crippen LogP contribution in [0.1, 0.15) is 245 Å². The molecule has 0 aromatic carbocycles. The average Bonchev–Trinajstić information content (AvgIpc) is 3.14. The van der Waals surface area contributed by atoms with Gasteiger partial charge < -0.3 is 20.3 Å². The predicted molar refractivity (Wildman–Crippen MR) is 223 cm³/mol. The summed E-state index contributed by atoms with van der Waals surface area (Å²) in [7, 11) is 0. The van der Waals surface area contributed by atoms with Crippen molar-refractivity contribution in [3.8, 4) is 0 Å². The lowest BCUT2D eigenvalue weighted by Crippen LogP contribution is -2.45. The summed E-state index contributed by atoms with van der Waals surface area (Å²) in [6.07, 6.45) is 46.0. The van der Waals surface area contributed by atoms with E-state index >= 15 is 0 Å². The molecule has 0 heterocycles. The lowest BCUT2D eigenvalue weighted by atomic mass is 10.0. The molecule has 308 valence electrons. The summed E-state index contributed by atoms with van der Waals surface area (Å²) in [5.74, 6) is -0.0794. The molecule has 0 aliphatic heterocycles. The van der Waals surface area contributed by atoms with Crippen LogP contribution in [-0.2, 0) is 14.3 Å². The summed E-state index contributed by atoms with van der Waals surface area (Å²) in [5.41, 5.74) is 0. The largest absolute Gasteiger partial charge is 0.466 e. The Morgan fingerprint density at radius 1 is 0.519 bits per heavy atom. The van der Waals surface area contributed by atoms with E-state index in [2.05, 4.69) is 31.3 Å². The molecule has 0 saturated heterocycles. The molecule has 2 unspecified atom stereocenters. The second kappa shape index (κ2) is 42.3. The highest BCUT2D eigenvalue weighted by atomic mass is 16.5. The van der Waals surface area contributed by atoms with Crippen LogP contribution in [0.2, 0.25) is 0 Å². The number of ether oxygens (including phenoxy) is 1. The summed E-state index contributed by atoms with van der Waals surface area (Å²) in [5, 5.41) is 23.0. The van der Waals surface area contributed by atoms with Crippen LogP contribution in [0.4, 0.5) is 0 Å². The molecule has 0 radical (unpaired) electrons. The van der Waals surface area contributed by atoms with Gasteiger partial charge in [-0.1, -0.05) is 193 Å². The third-order valence-electron chi connectivity index (χ3n) is 10.6. The Bertz CT molecular complexity index is 772. The lowest BCUT2D eigenvalue weighted by molar-refractivity contribution is -0.143. The average molecular weight is 736 g/mol. The first-order valence-corrected chi connectivity index (χ1v) is 22.9. The van der Waals surface area contributed by atoms with Crippen molar-refractivity contribution in [2.24, 2.45) is 0 Å². The molecular formula is C46H89NO5. The number of unbranched alkanes of at least 4 members (excludes halogenated alkanes) is 29. The number of hydrogen-bond acceptors (Lipinski definition) is 5. The maximum atomic E-state index is 12.3. The zero-order valence-electron chi connectivity index (χ0n) is 34.8. The third kappa shape index (κ3) is 38.3. The second-order valence-corrected chi connectivity index (χ2v) is 15.7. The predicted octanol–water partition coefficient (Wildman–Crippen LogP) is 13.0. The van der Waals surface area contributed by atoms with Crippen molar-refractivity contribution in [1.29, 1.82) is 0 Å². The number of rotatable bonds is 42. The number of carbonyl (C=O) groups is 2. The number of esters is 1. The van der Waals surface area contributed by atoms with Gasteiger partial charge in [-0.3, -0.25) is 9.59 Å². The van der Waals surface area contributed by atoms with E-state index in [0.29, 0.717) is 25.9 Å². The van der Waals surface area contributed by atoms with Gasteiger partial charge in [0.2, 0.25) is 5.91 Å². The summed E-state index contributed by atoms with van der Waals surface area (Å²) in [6, 6.07) is -0.558.